The molecule has 0 aromatic carbocycles. The van der Waals surface area contributed by atoms with E-state index in [-0.39, 0.29) is 0 Å². The van der Waals surface area contributed by atoms with Crippen molar-refractivity contribution in [2.75, 3.05) is 12.0 Å². The van der Waals surface area contributed by atoms with Gasteiger partial charge in [-0.1, -0.05) is 12.8 Å². The molecule has 1 aromatic heterocycles. The molecule has 102 valence electrons. The summed E-state index contributed by atoms with van der Waals surface area (Å²) in [6.07, 6.45) is 9.87. The number of unbranched alkanes of at least 4 members (excludes halogenated alkanes) is 3. The predicted octanol–water partition coefficient (Wildman–Crippen LogP) is 1.85. The van der Waals surface area contributed by atoms with Crippen molar-refractivity contribution < 1.29 is 0 Å². The summed E-state index contributed by atoms with van der Waals surface area (Å²) >= 11 is 1.93. The standard InChI is InChI=1S/C12H23N5S/c1-18-9-5-3-2-4-8-17-12(14-15-16-17)10-13-11-6-7-11/h11,13H,2-10H2,1H3. The molecule has 0 amide bonds. The number of tetrazole rings is 1. The predicted molar refractivity (Wildman–Crippen MR) is 74.5 cm³/mol. The van der Waals surface area contributed by atoms with Crippen molar-refractivity contribution >= 4 is 11.8 Å². The molecule has 1 heterocycles. The molecular weight excluding hydrogens is 246 g/mol. The second-order valence-electron chi connectivity index (χ2n) is 4.88. The summed E-state index contributed by atoms with van der Waals surface area (Å²) in [5.74, 6) is 2.26. The van der Waals surface area contributed by atoms with Crippen LogP contribution in [0.2, 0.25) is 0 Å². The quantitative estimate of drug-likeness (QED) is 0.657. The maximum atomic E-state index is 4.08. The molecule has 0 radical (unpaired) electrons. The minimum atomic E-state index is 0.710. The highest BCUT2D eigenvalue weighted by Crippen LogP contribution is 2.18. The molecule has 1 saturated carbocycles. The molecule has 0 aliphatic heterocycles. The number of nitrogens with zero attached hydrogens (tertiary/aromatic N) is 4. The van der Waals surface area contributed by atoms with Crippen LogP contribution < -0.4 is 5.32 Å². The topological polar surface area (TPSA) is 55.6 Å². The van der Waals surface area contributed by atoms with Gasteiger partial charge in [0.2, 0.25) is 0 Å². The Morgan fingerprint density at radius 3 is 2.89 bits per heavy atom. The van der Waals surface area contributed by atoms with Crippen LogP contribution in [0.4, 0.5) is 0 Å². The zero-order valence-corrected chi connectivity index (χ0v) is 12.0. The van der Waals surface area contributed by atoms with E-state index in [1.165, 1.54) is 44.3 Å². The zero-order chi connectivity index (χ0) is 12.6. The molecule has 0 bridgehead atoms. The first-order chi connectivity index (χ1) is 8.90. The highest BCUT2D eigenvalue weighted by molar-refractivity contribution is 7.98. The summed E-state index contributed by atoms with van der Waals surface area (Å²) in [4.78, 5) is 0. The Hall–Kier alpha value is -0.620. The van der Waals surface area contributed by atoms with Gasteiger partial charge in [-0.3, -0.25) is 0 Å². The smallest absolute Gasteiger partial charge is 0.165 e. The van der Waals surface area contributed by atoms with Crippen LogP contribution in [0.5, 0.6) is 0 Å². The van der Waals surface area contributed by atoms with Gasteiger partial charge in [0.25, 0.3) is 0 Å². The van der Waals surface area contributed by atoms with Crippen molar-refractivity contribution in [3.8, 4) is 0 Å². The average molecular weight is 269 g/mol. The molecule has 1 aliphatic carbocycles. The first-order valence-corrected chi connectivity index (χ1v) is 8.27. The second-order valence-corrected chi connectivity index (χ2v) is 5.87. The second kappa shape index (κ2) is 7.74. The van der Waals surface area contributed by atoms with E-state index in [1.54, 1.807) is 0 Å². The lowest BCUT2D eigenvalue weighted by molar-refractivity contribution is 0.500. The highest BCUT2D eigenvalue weighted by Gasteiger charge is 2.21. The van der Waals surface area contributed by atoms with Crippen LogP contribution in [0.15, 0.2) is 0 Å². The number of hydrogen-bond acceptors (Lipinski definition) is 5. The van der Waals surface area contributed by atoms with E-state index in [4.69, 9.17) is 0 Å². The van der Waals surface area contributed by atoms with Crippen LogP contribution in [0, 0.1) is 0 Å². The Morgan fingerprint density at radius 2 is 2.11 bits per heavy atom. The van der Waals surface area contributed by atoms with Crippen LogP contribution in [-0.2, 0) is 13.1 Å². The lowest BCUT2D eigenvalue weighted by Crippen LogP contribution is -2.19. The van der Waals surface area contributed by atoms with Gasteiger partial charge in [-0.2, -0.15) is 11.8 Å². The molecule has 6 heteroatoms. The van der Waals surface area contributed by atoms with Crippen molar-refractivity contribution in [2.24, 2.45) is 0 Å². The largest absolute Gasteiger partial charge is 0.307 e. The Labute approximate surface area is 113 Å². The van der Waals surface area contributed by atoms with Gasteiger partial charge in [-0.25, -0.2) is 4.68 Å². The number of nitrogens with one attached hydrogen (secondary N) is 1. The van der Waals surface area contributed by atoms with Crippen LogP contribution >= 0.6 is 11.8 Å². The minimum absolute atomic E-state index is 0.710. The Balaban J connectivity index is 1.60. The fraction of sp³-hybridized carbons (Fsp3) is 0.917. The van der Waals surface area contributed by atoms with Crippen molar-refractivity contribution in [1.29, 1.82) is 0 Å². The Kier molecular flexibility index (Phi) is 5.93. The van der Waals surface area contributed by atoms with Gasteiger partial charge in [-0.05, 0) is 48.1 Å². The van der Waals surface area contributed by atoms with Gasteiger partial charge in [-0.15, -0.1) is 5.10 Å². The molecule has 1 fully saturated rings. The molecule has 1 aliphatic rings. The third-order valence-corrected chi connectivity index (χ3v) is 3.90. The van der Waals surface area contributed by atoms with Gasteiger partial charge in [0, 0.05) is 12.6 Å². The van der Waals surface area contributed by atoms with E-state index >= 15 is 0 Å². The first-order valence-electron chi connectivity index (χ1n) is 6.87. The summed E-state index contributed by atoms with van der Waals surface area (Å²) in [6.45, 7) is 1.76. The Morgan fingerprint density at radius 1 is 1.28 bits per heavy atom. The first kappa shape index (κ1) is 13.8. The van der Waals surface area contributed by atoms with E-state index in [9.17, 15) is 0 Å². The number of thioether (sulfide) groups is 1. The summed E-state index contributed by atoms with van der Waals surface area (Å²) in [5, 5.41) is 15.4. The van der Waals surface area contributed by atoms with Crippen molar-refractivity contribution in [3.63, 3.8) is 0 Å². The van der Waals surface area contributed by atoms with Gasteiger partial charge < -0.3 is 5.32 Å². The highest BCUT2D eigenvalue weighted by atomic mass is 32.2. The van der Waals surface area contributed by atoms with Crippen LogP contribution in [0.25, 0.3) is 0 Å². The third kappa shape index (κ3) is 4.94. The normalized spacial score (nSPS) is 15.2. The van der Waals surface area contributed by atoms with E-state index in [0.29, 0.717) is 6.04 Å². The number of aryl methyl sites for hydroxylation is 1. The van der Waals surface area contributed by atoms with Crippen molar-refractivity contribution in [2.45, 2.75) is 57.7 Å². The monoisotopic (exact) mass is 269 g/mol. The Bertz CT molecular complexity index is 337. The molecule has 18 heavy (non-hydrogen) atoms. The van der Waals surface area contributed by atoms with Gasteiger partial charge in [0.15, 0.2) is 5.82 Å². The number of aromatic nitrogens is 4. The molecule has 0 unspecified atom stereocenters. The van der Waals surface area contributed by atoms with Crippen LogP contribution in [0.3, 0.4) is 0 Å². The summed E-state index contributed by atoms with van der Waals surface area (Å²) in [6, 6.07) is 0.710. The maximum absolute atomic E-state index is 4.08. The van der Waals surface area contributed by atoms with E-state index in [1.807, 2.05) is 16.4 Å². The van der Waals surface area contributed by atoms with E-state index in [0.717, 1.165) is 18.9 Å². The fourth-order valence-corrected chi connectivity index (χ4v) is 2.40. The molecule has 5 nitrogen and oxygen atoms in total. The number of rotatable bonds is 10. The summed E-state index contributed by atoms with van der Waals surface area (Å²) < 4.78 is 1.95. The summed E-state index contributed by atoms with van der Waals surface area (Å²) in [5.41, 5.74) is 0. The van der Waals surface area contributed by atoms with Crippen molar-refractivity contribution in [1.82, 2.24) is 25.5 Å². The number of hydrogen-bond donors (Lipinski definition) is 1. The third-order valence-electron chi connectivity index (χ3n) is 3.20. The van der Waals surface area contributed by atoms with Gasteiger partial charge in [0.05, 0.1) is 6.54 Å². The lowest BCUT2D eigenvalue weighted by Gasteiger charge is -2.05. The molecular formula is C12H23N5S. The van der Waals surface area contributed by atoms with Gasteiger partial charge >= 0.3 is 0 Å². The molecule has 0 saturated heterocycles. The molecule has 1 aromatic rings. The van der Waals surface area contributed by atoms with E-state index in [2.05, 4.69) is 27.1 Å². The van der Waals surface area contributed by atoms with Gasteiger partial charge in [0.1, 0.15) is 0 Å². The molecule has 2 rings (SSSR count). The fourth-order valence-electron chi connectivity index (χ4n) is 1.91. The summed E-state index contributed by atoms with van der Waals surface area (Å²) in [7, 11) is 0. The lowest BCUT2D eigenvalue weighted by atomic mass is 10.2. The maximum Gasteiger partial charge on any atom is 0.165 e. The van der Waals surface area contributed by atoms with Crippen molar-refractivity contribution in [3.05, 3.63) is 5.82 Å². The average Bonchev–Trinajstić information content (AvgIpc) is 3.11. The van der Waals surface area contributed by atoms with E-state index < -0.39 is 0 Å². The molecule has 0 atom stereocenters. The minimum Gasteiger partial charge on any atom is -0.307 e. The SMILES string of the molecule is CSCCCCCCn1nnnc1CNC1CC1. The molecule has 0 spiro atoms. The van der Waals surface area contributed by atoms with Crippen LogP contribution in [0.1, 0.15) is 44.3 Å². The zero-order valence-electron chi connectivity index (χ0n) is 11.1. The molecule has 1 N–H and O–H groups in total. The van der Waals surface area contributed by atoms with Crippen LogP contribution in [-0.4, -0.2) is 38.3 Å².